The Hall–Kier alpha value is -2.04. The van der Waals surface area contributed by atoms with Crippen molar-refractivity contribution in [2.75, 3.05) is 0 Å². The first-order valence-electron chi connectivity index (χ1n) is 10.3. The highest BCUT2D eigenvalue weighted by atomic mass is 35.5. The summed E-state index contributed by atoms with van der Waals surface area (Å²) in [6, 6.07) is 13.2. The van der Waals surface area contributed by atoms with E-state index >= 15 is 0 Å². The topological polar surface area (TPSA) is 55.8 Å². The van der Waals surface area contributed by atoms with E-state index in [9.17, 15) is 9.90 Å². The monoisotopic (exact) mass is 414 g/mol. The summed E-state index contributed by atoms with van der Waals surface area (Å²) >= 11 is 6.10. The van der Waals surface area contributed by atoms with E-state index in [0.717, 1.165) is 29.8 Å². The molecule has 2 aliphatic heterocycles. The maximum atomic E-state index is 11.4. The third-order valence-corrected chi connectivity index (χ3v) is 6.60. The minimum atomic E-state index is -0.951. The van der Waals surface area contributed by atoms with Gasteiger partial charge in [0.15, 0.2) is 0 Å². The SMILES string of the molecule is CCC[C@@H]1O[C@@H]2c3ccc(C(=O)O)cc3OC(C)(C)[C@H]2C[C@@H]1c1ccc(Cl)cc1. The van der Waals surface area contributed by atoms with Crippen LogP contribution in [0.1, 0.15) is 73.5 Å². The van der Waals surface area contributed by atoms with Gasteiger partial charge in [0.25, 0.3) is 0 Å². The van der Waals surface area contributed by atoms with Crippen molar-refractivity contribution in [2.24, 2.45) is 5.92 Å². The Morgan fingerprint density at radius 1 is 1.21 bits per heavy atom. The summed E-state index contributed by atoms with van der Waals surface area (Å²) in [6.45, 7) is 6.32. The number of carboxylic acid groups (broad SMARTS) is 1. The molecule has 0 aromatic heterocycles. The van der Waals surface area contributed by atoms with Crippen LogP contribution in [0.4, 0.5) is 0 Å². The third-order valence-electron chi connectivity index (χ3n) is 6.35. The van der Waals surface area contributed by atoms with E-state index in [4.69, 9.17) is 21.1 Å². The van der Waals surface area contributed by atoms with Crippen molar-refractivity contribution in [1.29, 1.82) is 0 Å². The van der Waals surface area contributed by atoms with Crippen molar-refractivity contribution in [1.82, 2.24) is 0 Å². The van der Waals surface area contributed by atoms with E-state index in [1.807, 2.05) is 18.2 Å². The molecule has 0 bridgehead atoms. The zero-order chi connectivity index (χ0) is 20.8. The van der Waals surface area contributed by atoms with E-state index in [-0.39, 0.29) is 29.6 Å². The van der Waals surface area contributed by atoms with Crippen LogP contribution in [0, 0.1) is 5.92 Å². The number of aromatic carboxylic acids is 1. The molecule has 154 valence electrons. The predicted octanol–water partition coefficient (Wildman–Crippen LogP) is 6.24. The quantitative estimate of drug-likeness (QED) is 0.643. The fourth-order valence-corrected chi connectivity index (χ4v) is 4.96. The molecule has 0 spiro atoms. The fourth-order valence-electron chi connectivity index (χ4n) is 4.83. The molecule has 0 unspecified atom stereocenters. The van der Waals surface area contributed by atoms with Crippen molar-refractivity contribution in [3.63, 3.8) is 0 Å². The highest BCUT2D eigenvalue weighted by Crippen LogP contribution is 2.54. The molecule has 2 aliphatic rings. The van der Waals surface area contributed by atoms with Gasteiger partial charge in [0, 0.05) is 22.4 Å². The van der Waals surface area contributed by atoms with Gasteiger partial charge in [-0.25, -0.2) is 4.79 Å². The lowest BCUT2D eigenvalue weighted by atomic mass is 9.70. The lowest BCUT2D eigenvalue weighted by molar-refractivity contribution is -0.160. The van der Waals surface area contributed by atoms with Gasteiger partial charge in [0.2, 0.25) is 0 Å². The Morgan fingerprint density at radius 3 is 2.59 bits per heavy atom. The molecule has 29 heavy (non-hydrogen) atoms. The standard InChI is InChI=1S/C24H27ClO4/c1-4-5-20-18(14-6-9-16(25)10-7-14)13-19-22(28-20)17-11-8-15(23(26)27)12-21(17)29-24(19,2)3/h6-12,18-20,22H,4-5,13H2,1-3H3,(H,26,27)/t18-,19+,20+,22-/m1/s1. The summed E-state index contributed by atoms with van der Waals surface area (Å²) in [5.74, 6) is 0.111. The molecule has 2 heterocycles. The van der Waals surface area contributed by atoms with Crippen LogP contribution in [-0.2, 0) is 4.74 Å². The number of fused-ring (bicyclic) bond motifs is 3. The molecule has 1 saturated heterocycles. The molecule has 1 N–H and O–H groups in total. The first-order valence-corrected chi connectivity index (χ1v) is 10.6. The molecule has 0 amide bonds. The molecule has 0 saturated carbocycles. The summed E-state index contributed by atoms with van der Waals surface area (Å²) < 4.78 is 13.0. The van der Waals surface area contributed by atoms with Crippen LogP contribution >= 0.6 is 11.6 Å². The summed E-state index contributed by atoms with van der Waals surface area (Å²) in [7, 11) is 0. The van der Waals surface area contributed by atoms with Gasteiger partial charge in [-0.2, -0.15) is 0 Å². The smallest absolute Gasteiger partial charge is 0.335 e. The van der Waals surface area contributed by atoms with Crippen LogP contribution < -0.4 is 4.74 Å². The molecular weight excluding hydrogens is 388 g/mol. The van der Waals surface area contributed by atoms with E-state index in [1.54, 1.807) is 12.1 Å². The Balaban J connectivity index is 1.72. The number of rotatable bonds is 4. The van der Waals surface area contributed by atoms with E-state index < -0.39 is 11.6 Å². The summed E-state index contributed by atoms with van der Waals surface area (Å²) in [6.07, 6.45) is 2.96. The van der Waals surface area contributed by atoms with Gasteiger partial charge in [-0.1, -0.05) is 43.1 Å². The van der Waals surface area contributed by atoms with Crippen molar-refractivity contribution < 1.29 is 19.4 Å². The Labute approximate surface area is 176 Å². The van der Waals surface area contributed by atoms with Gasteiger partial charge < -0.3 is 14.6 Å². The zero-order valence-electron chi connectivity index (χ0n) is 17.0. The average molecular weight is 415 g/mol. The second-order valence-corrected chi connectivity index (χ2v) is 9.08. The number of halogens is 1. The Bertz CT molecular complexity index is 906. The lowest BCUT2D eigenvalue weighted by Gasteiger charge is -2.51. The van der Waals surface area contributed by atoms with E-state index in [1.165, 1.54) is 5.56 Å². The number of benzene rings is 2. The van der Waals surface area contributed by atoms with Gasteiger partial charge in [-0.3, -0.25) is 0 Å². The van der Waals surface area contributed by atoms with Gasteiger partial charge in [-0.15, -0.1) is 0 Å². The second-order valence-electron chi connectivity index (χ2n) is 8.65. The van der Waals surface area contributed by atoms with E-state index in [0.29, 0.717) is 5.75 Å². The van der Waals surface area contributed by atoms with Crippen LogP contribution in [0.2, 0.25) is 5.02 Å². The predicted molar refractivity (Wildman–Crippen MR) is 113 cm³/mol. The number of hydrogen-bond donors (Lipinski definition) is 1. The average Bonchev–Trinajstić information content (AvgIpc) is 2.68. The van der Waals surface area contributed by atoms with Gasteiger partial charge >= 0.3 is 5.97 Å². The largest absolute Gasteiger partial charge is 0.487 e. The fraction of sp³-hybridized carbons (Fsp3) is 0.458. The minimum Gasteiger partial charge on any atom is -0.487 e. The third kappa shape index (κ3) is 3.76. The summed E-state index contributed by atoms with van der Waals surface area (Å²) in [5, 5.41) is 10.1. The Kier molecular flexibility index (Phi) is 5.34. The number of hydrogen-bond acceptors (Lipinski definition) is 3. The molecule has 4 rings (SSSR count). The highest BCUT2D eigenvalue weighted by molar-refractivity contribution is 6.30. The molecule has 4 atom stereocenters. The van der Waals surface area contributed by atoms with Crippen molar-refractivity contribution in [3.8, 4) is 5.75 Å². The molecule has 2 aromatic carbocycles. The van der Waals surface area contributed by atoms with Crippen LogP contribution in [0.5, 0.6) is 5.75 Å². The summed E-state index contributed by atoms with van der Waals surface area (Å²) in [4.78, 5) is 11.4. The lowest BCUT2D eigenvalue weighted by Crippen LogP contribution is -2.50. The van der Waals surface area contributed by atoms with Gasteiger partial charge in [0.1, 0.15) is 11.4 Å². The first-order chi connectivity index (χ1) is 13.8. The maximum Gasteiger partial charge on any atom is 0.335 e. The summed E-state index contributed by atoms with van der Waals surface area (Å²) in [5.41, 5.74) is 1.97. The van der Waals surface area contributed by atoms with Gasteiger partial charge in [-0.05, 0) is 56.5 Å². The number of ether oxygens (including phenoxy) is 2. The highest BCUT2D eigenvalue weighted by Gasteiger charge is 2.50. The molecule has 0 aliphatic carbocycles. The van der Waals surface area contributed by atoms with Crippen LogP contribution in [0.3, 0.4) is 0 Å². The number of carbonyl (C=O) groups is 1. The molecule has 0 radical (unpaired) electrons. The normalized spacial score (nSPS) is 27.4. The van der Waals surface area contributed by atoms with E-state index in [2.05, 4.69) is 32.9 Å². The molecule has 1 fully saturated rings. The molecule has 4 nitrogen and oxygen atoms in total. The van der Waals surface area contributed by atoms with Crippen LogP contribution in [0.15, 0.2) is 42.5 Å². The molecule has 2 aromatic rings. The van der Waals surface area contributed by atoms with Crippen LogP contribution in [0.25, 0.3) is 0 Å². The van der Waals surface area contributed by atoms with Crippen molar-refractivity contribution >= 4 is 17.6 Å². The Morgan fingerprint density at radius 2 is 1.93 bits per heavy atom. The zero-order valence-corrected chi connectivity index (χ0v) is 17.8. The van der Waals surface area contributed by atoms with Gasteiger partial charge in [0.05, 0.1) is 17.8 Å². The molecule has 5 heteroatoms. The second kappa shape index (κ2) is 7.66. The molecular formula is C24H27ClO4. The van der Waals surface area contributed by atoms with Crippen molar-refractivity contribution in [2.45, 2.75) is 63.8 Å². The van der Waals surface area contributed by atoms with Crippen LogP contribution in [-0.4, -0.2) is 22.8 Å². The number of carboxylic acids is 1. The maximum absolute atomic E-state index is 11.4. The van der Waals surface area contributed by atoms with Crippen molar-refractivity contribution in [3.05, 3.63) is 64.2 Å². The first kappa shape index (κ1) is 20.2. The minimum absolute atomic E-state index is 0.100.